The lowest BCUT2D eigenvalue weighted by Gasteiger charge is -2.22. The van der Waals surface area contributed by atoms with Gasteiger partial charge in [-0.05, 0) is 79.9 Å². The Morgan fingerprint density at radius 3 is 2.44 bits per heavy atom. The molecule has 6 rings (SSSR count). The minimum Gasteiger partial charge on any atom is -0.352 e. The van der Waals surface area contributed by atoms with Crippen molar-refractivity contribution in [1.29, 1.82) is 0 Å². The van der Waals surface area contributed by atoms with E-state index in [0.717, 1.165) is 76.8 Å². The van der Waals surface area contributed by atoms with Gasteiger partial charge >= 0.3 is 6.18 Å². The molecular weight excluding hydrogens is 499 g/mol. The van der Waals surface area contributed by atoms with Crippen LogP contribution < -0.4 is 10.7 Å². The summed E-state index contributed by atoms with van der Waals surface area (Å²) in [7, 11) is 0. The highest BCUT2D eigenvalue weighted by atomic mass is 19.4. The summed E-state index contributed by atoms with van der Waals surface area (Å²) in [6.07, 6.45) is 4.80. The standard InChI is InChI=1S/C31H28F3N5/c1-20-15-23(19-35-18-20)37-26-16-28-30(17-27(26)36-22-7-3-2-4-8-22)39(29-10-6-5-9-25(29)38-28)24-13-11-21(12-14-24)31(32,33)34/h5-6,9-19,22,37H,2-4,7-8H2,1H3. The van der Waals surface area contributed by atoms with E-state index < -0.39 is 11.7 Å². The fourth-order valence-corrected chi connectivity index (χ4v) is 5.31. The van der Waals surface area contributed by atoms with Crippen molar-refractivity contribution >= 4 is 22.4 Å². The molecule has 0 bridgehead atoms. The Balaban J connectivity index is 1.59. The third kappa shape index (κ3) is 5.24. The minimum absolute atomic E-state index is 0.223. The summed E-state index contributed by atoms with van der Waals surface area (Å²) in [6, 6.07) is 19.2. The first-order valence-electron chi connectivity index (χ1n) is 13.2. The third-order valence-electron chi connectivity index (χ3n) is 7.20. The van der Waals surface area contributed by atoms with Crippen molar-refractivity contribution in [3.63, 3.8) is 0 Å². The highest BCUT2D eigenvalue weighted by Gasteiger charge is 2.30. The molecule has 0 radical (unpaired) electrons. The number of para-hydroxylation sites is 2. The fourth-order valence-electron chi connectivity index (χ4n) is 5.31. The Kier molecular flexibility index (Phi) is 6.54. The molecule has 1 saturated carbocycles. The largest absolute Gasteiger partial charge is 0.416 e. The number of aryl methyl sites for hydroxylation is 1. The molecule has 8 heteroatoms. The molecule has 39 heavy (non-hydrogen) atoms. The molecule has 1 aliphatic heterocycles. The maximum Gasteiger partial charge on any atom is 0.416 e. The van der Waals surface area contributed by atoms with Gasteiger partial charge in [-0.15, -0.1) is 0 Å². The van der Waals surface area contributed by atoms with E-state index in [0.29, 0.717) is 11.4 Å². The van der Waals surface area contributed by atoms with E-state index in [4.69, 9.17) is 9.98 Å². The monoisotopic (exact) mass is 527 g/mol. The number of aromatic nitrogens is 3. The second-order valence-electron chi connectivity index (χ2n) is 10.1. The first-order chi connectivity index (χ1) is 18.8. The van der Waals surface area contributed by atoms with Crippen molar-refractivity contribution in [3.05, 3.63) is 95.6 Å². The van der Waals surface area contributed by atoms with Crippen molar-refractivity contribution in [2.75, 3.05) is 5.32 Å². The number of pyridine rings is 1. The second kappa shape index (κ2) is 10.2. The van der Waals surface area contributed by atoms with Crippen molar-refractivity contribution in [2.45, 2.75) is 51.2 Å². The predicted molar refractivity (Wildman–Crippen MR) is 147 cm³/mol. The molecule has 0 amide bonds. The highest BCUT2D eigenvalue weighted by molar-refractivity contribution is 5.84. The summed E-state index contributed by atoms with van der Waals surface area (Å²) in [5.74, 6) is 0. The number of rotatable bonds is 4. The molecule has 0 saturated heterocycles. The summed E-state index contributed by atoms with van der Waals surface area (Å²) >= 11 is 0. The van der Waals surface area contributed by atoms with Crippen LogP contribution in [-0.4, -0.2) is 20.6 Å². The normalized spacial score (nSPS) is 15.2. The number of nitrogens with one attached hydrogen (secondary N) is 1. The van der Waals surface area contributed by atoms with E-state index in [2.05, 4.69) is 10.3 Å². The van der Waals surface area contributed by atoms with Crippen molar-refractivity contribution in [1.82, 2.24) is 14.5 Å². The molecule has 0 unspecified atom stereocenters. The Labute approximate surface area is 224 Å². The van der Waals surface area contributed by atoms with Gasteiger partial charge in [-0.25, -0.2) is 4.98 Å². The van der Waals surface area contributed by atoms with Gasteiger partial charge in [0.1, 0.15) is 0 Å². The van der Waals surface area contributed by atoms with Crippen LogP contribution in [0.15, 0.2) is 84.1 Å². The van der Waals surface area contributed by atoms with Crippen LogP contribution in [-0.2, 0) is 6.18 Å². The number of alkyl halides is 3. The Morgan fingerprint density at radius 1 is 0.923 bits per heavy atom. The molecule has 3 aromatic rings. The molecule has 1 N–H and O–H groups in total. The lowest BCUT2D eigenvalue weighted by Crippen LogP contribution is -2.19. The van der Waals surface area contributed by atoms with Crippen LogP contribution in [0.1, 0.15) is 43.2 Å². The Bertz CT molecular complexity index is 1670. The fraction of sp³-hybridized carbons (Fsp3) is 0.258. The smallest absolute Gasteiger partial charge is 0.352 e. The summed E-state index contributed by atoms with van der Waals surface area (Å²) in [5, 5.41) is 4.30. The molecule has 2 aliphatic carbocycles. The number of hydrogen-bond donors (Lipinski definition) is 1. The lowest BCUT2D eigenvalue weighted by atomic mass is 9.96. The second-order valence-corrected chi connectivity index (χ2v) is 10.1. The zero-order valence-electron chi connectivity index (χ0n) is 21.5. The molecule has 5 nitrogen and oxygen atoms in total. The number of anilines is 2. The van der Waals surface area contributed by atoms with Crippen molar-refractivity contribution in [2.24, 2.45) is 4.99 Å². The van der Waals surface area contributed by atoms with Crippen LogP contribution in [0.25, 0.3) is 28.1 Å². The van der Waals surface area contributed by atoms with E-state index in [-0.39, 0.29) is 6.04 Å². The van der Waals surface area contributed by atoms with Gasteiger partial charge in [-0.2, -0.15) is 13.2 Å². The van der Waals surface area contributed by atoms with E-state index in [1.165, 1.54) is 18.6 Å². The summed E-state index contributed by atoms with van der Waals surface area (Å²) in [4.78, 5) is 14.4. The predicted octanol–water partition coefficient (Wildman–Crippen LogP) is 7.83. The number of fused-ring (bicyclic) bond motifs is 2. The van der Waals surface area contributed by atoms with E-state index in [1.807, 2.05) is 54.0 Å². The third-order valence-corrected chi connectivity index (χ3v) is 7.20. The number of halogens is 3. The number of nitrogens with zero attached hydrogens (tertiary/aromatic N) is 4. The van der Waals surface area contributed by atoms with Gasteiger partial charge in [0.15, 0.2) is 0 Å². The van der Waals surface area contributed by atoms with Gasteiger partial charge in [0.2, 0.25) is 0 Å². The maximum atomic E-state index is 13.3. The van der Waals surface area contributed by atoms with Crippen LogP contribution in [0.5, 0.6) is 0 Å². The molecule has 3 aliphatic rings. The topological polar surface area (TPSA) is 55.1 Å². The van der Waals surface area contributed by atoms with Gasteiger partial charge in [-0.1, -0.05) is 31.4 Å². The average molecular weight is 528 g/mol. The van der Waals surface area contributed by atoms with Crippen molar-refractivity contribution < 1.29 is 13.2 Å². The Hall–Kier alpha value is -4.20. The first-order valence-corrected chi connectivity index (χ1v) is 13.2. The molecule has 198 valence electrons. The van der Waals surface area contributed by atoms with E-state index in [1.54, 1.807) is 12.4 Å². The number of benzene rings is 3. The zero-order chi connectivity index (χ0) is 27.0. The summed E-state index contributed by atoms with van der Waals surface area (Å²) in [6.45, 7) is 1.99. The molecular formula is C31H28F3N5. The van der Waals surface area contributed by atoms with E-state index >= 15 is 0 Å². The molecule has 2 heterocycles. The maximum absolute atomic E-state index is 13.3. The Morgan fingerprint density at radius 2 is 1.69 bits per heavy atom. The summed E-state index contributed by atoms with van der Waals surface area (Å²) in [5.41, 5.74) is 5.68. The molecule has 0 spiro atoms. The SMILES string of the molecule is Cc1cncc(Nc2cc3nc4ccccc4n(-c4ccc(C(F)(F)F)cc4)c-3cc2=NC2CCCCC2)c1. The summed E-state index contributed by atoms with van der Waals surface area (Å²) < 4.78 is 41.9. The average Bonchev–Trinajstić information content (AvgIpc) is 2.92. The quantitative estimate of drug-likeness (QED) is 0.242. The van der Waals surface area contributed by atoms with Crippen LogP contribution in [0.4, 0.5) is 24.5 Å². The number of hydrogen-bond acceptors (Lipinski definition) is 4. The zero-order valence-corrected chi connectivity index (χ0v) is 21.5. The molecule has 0 atom stereocenters. The van der Waals surface area contributed by atoms with Crippen molar-refractivity contribution in [3.8, 4) is 17.1 Å². The van der Waals surface area contributed by atoms with E-state index in [9.17, 15) is 13.2 Å². The molecule has 1 aromatic heterocycles. The first kappa shape index (κ1) is 25.1. The van der Waals surface area contributed by atoms with Crippen LogP contribution in [0.2, 0.25) is 0 Å². The molecule has 1 fully saturated rings. The van der Waals surface area contributed by atoms with Gasteiger partial charge in [0, 0.05) is 11.9 Å². The van der Waals surface area contributed by atoms with Gasteiger partial charge < -0.3 is 9.88 Å². The lowest BCUT2D eigenvalue weighted by molar-refractivity contribution is -0.137. The van der Waals surface area contributed by atoms with Gasteiger partial charge in [0.25, 0.3) is 0 Å². The molecule has 2 aromatic carbocycles. The van der Waals surface area contributed by atoms with Crippen LogP contribution in [0, 0.1) is 6.92 Å². The minimum atomic E-state index is -4.40. The van der Waals surface area contributed by atoms with Crippen LogP contribution in [0.3, 0.4) is 0 Å². The highest BCUT2D eigenvalue weighted by Crippen LogP contribution is 2.33. The van der Waals surface area contributed by atoms with Crippen LogP contribution >= 0.6 is 0 Å². The van der Waals surface area contributed by atoms with Gasteiger partial charge in [-0.3, -0.25) is 9.98 Å². The van der Waals surface area contributed by atoms with Gasteiger partial charge in [0.05, 0.1) is 57.0 Å².